The predicted molar refractivity (Wildman–Crippen MR) is 83.1 cm³/mol. The van der Waals surface area contributed by atoms with Crippen LogP contribution < -0.4 is 5.56 Å². The zero-order valence-electron chi connectivity index (χ0n) is 11.6. The van der Waals surface area contributed by atoms with E-state index in [1.807, 2.05) is 30.3 Å². The summed E-state index contributed by atoms with van der Waals surface area (Å²) in [6, 6.07) is 9.94. The Balaban J connectivity index is 2.15. The third-order valence-electron chi connectivity index (χ3n) is 3.75. The van der Waals surface area contributed by atoms with Crippen LogP contribution in [0.3, 0.4) is 0 Å². The molecule has 1 aromatic carbocycles. The van der Waals surface area contributed by atoms with E-state index in [9.17, 15) is 4.79 Å². The number of H-pyrrole nitrogens is 1. The minimum absolute atomic E-state index is 0.0183. The van der Waals surface area contributed by atoms with Crippen molar-refractivity contribution in [2.45, 2.75) is 32.6 Å². The number of nitrogens with one attached hydrogen (secondary N) is 1. The molecule has 1 N–H and O–H groups in total. The smallest absolute Gasteiger partial charge is 0.251 e. The molecule has 0 bridgehead atoms. The van der Waals surface area contributed by atoms with Crippen LogP contribution in [0, 0.1) is 0 Å². The number of aryl methyl sites for hydroxylation is 1. The molecule has 0 saturated carbocycles. The summed E-state index contributed by atoms with van der Waals surface area (Å²) >= 11 is 0. The number of hydrogen-bond acceptors (Lipinski definition) is 2. The molecule has 0 aliphatic rings. The van der Waals surface area contributed by atoms with Gasteiger partial charge < -0.3 is 4.98 Å². The molecule has 0 aliphatic carbocycles. The van der Waals surface area contributed by atoms with Gasteiger partial charge in [0.2, 0.25) is 0 Å². The normalized spacial score (nSPS) is 11.2. The number of nitrogens with zero attached hydrogens (tertiary/aromatic N) is 1. The molecule has 0 radical (unpaired) electrons. The van der Waals surface area contributed by atoms with Crippen LogP contribution in [0.15, 0.2) is 41.3 Å². The lowest BCUT2D eigenvalue weighted by atomic mass is 10.1. The van der Waals surface area contributed by atoms with Gasteiger partial charge in [-0.3, -0.25) is 9.78 Å². The molecule has 102 valence electrons. The van der Waals surface area contributed by atoms with Crippen LogP contribution in [0.25, 0.3) is 21.8 Å². The van der Waals surface area contributed by atoms with Gasteiger partial charge in [-0.25, -0.2) is 0 Å². The van der Waals surface area contributed by atoms with Crippen LogP contribution in [0.4, 0.5) is 0 Å². The van der Waals surface area contributed by atoms with Gasteiger partial charge in [-0.2, -0.15) is 0 Å². The summed E-state index contributed by atoms with van der Waals surface area (Å²) < 4.78 is 0. The molecular formula is C17H18N2O. The van der Waals surface area contributed by atoms with Gasteiger partial charge in [0.15, 0.2) is 0 Å². The molecule has 3 aromatic rings. The number of aromatic amines is 1. The second-order valence-corrected chi connectivity index (χ2v) is 5.18. The number of hydrogen-bond donors (Lipinski definition) is 1. The van der Waals surface area contributed by atoms with Crippen molar-refractivity contribution in [3.63, 3.8) is 0 Å². The topological polar surface area (TPSA) is 45.8 Å². The zero-order valence-corrected chi connectivity index (χ0v) is 11.6. The molecule has 3 rings (SSSR count). The van der Waals surface area contributed by atoms with Gasteiger partial charge in [0.05, 0.1) is 11.0 Å². The van der Waals surface area contributed by atoms with Crippen molar-refractivity contribution < 1.29 is 0 Å². The summed E-state index contributed by atoms with van der Waals surface area (Å²) in [6.45, 7) is 2.17. The summed E-state index contributed by atoms with van der Waals surface area (Å²) in [5, 5.41) is 2.06. The summed E-state index contributed by atoms with van der Waals surface area (Å²) in [5.74, 6) is 0. The van der Waals surface area contributed by atoms with Crippen LogP contribution in [0.2, 0.25) is 0 Å². The second kappa shape index (κ2) is 5.45. The standard InChI is InChI=1S/C17H18N2O/c1-2-3-4-5-13-7-6-12-8-9-15-14(10-11-18-15)16(12)19-17(13)20/h6-11H,2-5H2,1H3,(H,19,20). The first-order valence-corrected chi connectivity index (χ1v) is 7.19. The molecule has 2 aromatic heterocycles. The van der Waals surface area contributed by atoms with Crippen LogP contribution in [-0.2, 0) is 6.42 Å². The zero-order chi connectivity index (χ0) is 13.9. The average molecular weight is 266 g/mol. The Morgan fingerprint density at radius 2 is 1.95 bits per heavy atom. The van der Waals surface area contributed by atoms with Crippen LogP contribution in [-0.4, -0.2) is 9.97 Å². The highest BCUT2D eigenvalue weighted by Gasteiger charge is 2.04. The lowest BCUT2D eigenvalue weighted by molar-refractivity contribution is 0.714. The number of rotatable bonds is 4. The molecule has 0 fully saturated rings. The van der Waals surface area contributed by atoms with Crippen molar-refractivity contribution >= 4 is 21.8 Å². The minimum atomic E-state index is 0.0183. The number of unbranched alkanes of at least 4 members (excludes halogenated alkanes) is 2. The maximum absolute atomic E-state index is 12.3. The van der Waals surface area contributed by atoms with Gasteiger partial charge in [-0.15, -0.1) is 0 Å². The van der Waals surface area contributed by atoms with Gasteiger partial charge >= 0.3 is 0 Å². The van der Waals surface area contributed by atoms with Crippen molar-refractivity contribution in [1.29, 1.82) is 0 Å². The predicted octanol–water partition coefficient (Wildman–Crippen LogP) is 3.81. The van der Waals surface area contributed by atoms with E-state index >= 15 is 0 Å². The molecule has 0 aliphatic heterocycles. The molecule has 0 atom stereocenters. The van der Waals surface area contributed by atoms with Gasteiger partial charge in [-0.05, 0) is 30.4 Å². The lowest BCUT2D eigenvalue weighted by Crippen LogP contribution is -2.08. The monoisotopic (exact) mass is 266 g/mol. The molecule has 0 amide bonds. The first-order chi connectivity index (χ1) is 9.79. The largest absolute Gasteiger partial charge is 0.321 e. The molecule has 0 unspecified atom stereocenters. The SMILES string of the molecule is CCCCCc1ccc2ccc3nccc3c2[nH]c1=O. The van der Waals surface area contributed by atoms with Crippen LogP contribution in [0.1, 0.15) is 31.7 Å². The maximum Gasteiger partial charge on any atom is 0.251 e. The number of fused-ring (bicyclic) bond motifs is 3. The molecule has 0 saturated heterocycles. The first-order valence-electron chi connectivity index (χ1n) is 7.19. The van der Waals surface area contributed by atoms with E-state index in [1.165, 1.54) is 6.42 Å². The molecular weight excluding hydrogens is 248 g/mol. The average Bonchev–Trinajstić information content (AvgIpc) is 2.86. The summed E-state index contributed by atoms with van der Waals surface area (Å²) in [6.07, 6.45) is 6.00. The second-order valence-electron chi connectivity index (χ2n) is 5.18. The molecule has 3 heteroatoms. The Bertz CT molecular complexity index is 805. The van der Waals surface area contributed by atoms with Crippen molar-refractivity contribution in [1.82, 2.24) is 9.97 Å². The Morgan fingerprint density at radius 3 is 2.80 bits per heavy atom. The fraction of sp³-hybridized carbons (Fsp3) is 0.294. The molecule has 0 spiro atoms. The first kappa shape index (κ1) is 12.9. The number of benzene rings is 1. The third-order valence-corrected chi connectivity index (χ3v) is 3.75. The minimum Gasteiger partial charge on any atom is -0.321 e. The van der Waals surface area contributed by atoms with E-state index < -0.39 is 0 Å². The molecule has 20 heavy (non-hydrogen) atoms. The van der Waals surface area contributed by atoms with E-state index in [2.05, 4.69) is 16.9 Å². The van der Waals surface area contributed by atoms with Crippen LogP contribution in [0.5, 0.6) is 0 Å². The van der Waals surface area contributed by atoms with Crippen molar-refractivity contribution in [3.8, 4) is 0 Å². The lowest BCUT2D eigenvalue weighted by Gasteiger charge is -1.95. The quantitative estimate of drug-likeness (QED) is 0.730. The van der Waals surface area contributed by atoms with Crippen molar-refractivity contribution in [3.05, 3.63) is 52.4 Å². The van der Waals surface area contributed by atoms with Gasteiger partial charge in [0.1, 0.15) is 0 Å². The van der Waals surface area contributed by atoms with E-state index in [-0.39, 0.29) is 5.56 Å². The highest BCUT2D eigenvalue weighted by atomic mass is 16.1. The fourth-order valence-electron chi connectivity index (χ4n) is 2.60. The summed E-state index contributed by atoms with van der Waals surface area (Å²) in [5.41, 5.74) is 2.69. The van der Waals surface area contributed by atoms with E-state index in [4.69, 9.17) is 0 Å². The van der Waals surface area contributed by atoms with E-state index in [0.717, 1.165) is 46.6 Å². The van der Waals surface area contributed by atoms with Crippen molar-refractivity contribution in [2.75, 3.05) is 0 Å². The fourth-order valence-corrected chi connectivity index (χ4v) is 2.60. The molecule has 3 nitrogen and oxygen atoms in total. The highest BCUT2D eigenvalue weighted by molar-refractivity contribution is 6.03. The van der Waals surface area contributed by atoms with Gasteiger partial charge in [0.25, 0.3) is 5.56 Å². The van der Waals surface area contributed by atoms with Gasteiger partial charge in [-0.1, -0.05) is 38.0 Å². The summed E-state index contributed by atoms with van der Waals surface area (Å²) in [7, 11) is 0. The number of aromatic nitrogens is 2. The third kappa shape index (κ3) is 2.31. The maximum atomic E-state index is 12.3. The Labute approximate surface area is 117 Å². The van der Waals surface area contributed by atoms with Gasteiger partial charge in [0, 0.05) is 17.1 Å². The van der Waals surface area contributed by atoms with E-state index in [0.29, 0.717) is 0 Å². The Kier molecular flexibility index (Phi) is 3.50. The van der Waals surface area contributed by atoms with Crippen molar-refractivity contribution in [2.24, 2.45) is 0 Å². The Hall–Kier alpha value is -2.16. The summed E-state index contributed by atoms with van der Waals surface area (Å²) in [4.78, 5) is 19.6. The van der Waals surface area contributed by atoms with Crippen LogP contribution >= 0.6 is 0 Å². The highest BCUT2D eigenvalue weighted by Crippen LogP contribution is 2.21. The molecule has 2 heterocycles. The van der Waals surface area contributed by atoms with E-state index in [1.54, 1.807) is 6.20 Å². The Morgan fingerprint density at radius 1 is 1.10 bits per heavy atom.